The fraction of sp³-hybridized carbons (Fsp3) is 0.375. The van der Waals surface area contributed by atoms with E-state index in [0.717, 1.165) is 4.57 Å². The molecular weight excluding hydrogens is 303 g/mol. The predicted octanol–water partition coefficient (Wildman–Crippen LogP) is -0.281. The van der Waals surface area contributed by atoms with Crippen LogP contribution < -0.4 is 9.46 Å². The van der Waals surface area contributed by atoms with E-state index in [4.69, 9.17) is 16.5 Å². The molecule has 102 valence electrons. The molecule has 0 bridgehead atoms. The molecule has 0 amide bonds. The first-order chi connectivity index (χ1) is 7.97. The molecule has 1 aromatic rings. The van der Waals surface area contributed by atoms with E-state index in [0.29, 0.717) is 6.66 Å². The Balaban J connectivity index is 3.25. The molecule has 0 spiro atoms. The molecule has 7 nitrogen and oxygen atoms in total. The van der Waals surface area contributed by atoms with Crippen molar-refractivity contribution in [3.63, 3.8) is 0 Å². The Labute approximate surface area is 108 Å². The van der Waals surface area contributed by atoms with Crippen LogP contribution in [-0.4, -0.2) is 26.6 Å². The van der Waals surface area contributed by atoms with E-state index >= 15 is 0 Å². The van der Waals surface area contributed by atoms with Crippen molar-refractivity contribution < 1.29 is 33.5 Å². The third kappa shape index (κ3) is 3.19. The minimum Gasteiger partial charge on any atom is -0.776 e. The smallest absolute Gasteiger partial charge is 0.263 e. The van der Waals surface area contributed by atoms with Crippen molar-refractivity contribution in [2.45, 2.75) is 11.6 Å². The average Bonchev–Trinajstić information content (AvgIpc) is 2.13. The summed E-state index contributed by atoms with van der Waals surface area (Å²) in [7, 11) is -9.99. The van der Waals surface area contributed by atoms with Crippen LogP contribution in [0.1, 0.15) is 0 Å². The van der Waals surface area contributed by atoms with E-state index in [2.05, 4.69) is 0 Å². The van der Waals surface area contributed by atoms with Crippen LogP contribution in [-0.2, 0) is 15.7 Å². The van der Waals surface area contributed by atoms with Crippen LogP contribution in [0.15, 0.2) is 24.5 Å². The summed E-state index contributed by atoms with van der Waals surface area (Å²) in [6.07, 6.45) is 2.58. The molecule has 0 aliphatic heterocycles. The lowest BCUT2D eigenvalue weighted by atomic mass is 10.5. The molecular formula is C8H12ClNO6P2. The molecule has 18 heavy (non-hydrogen) atoms. The Kier molecular flexibility index (Phi) is 4.41. The number of nitrogens with zero attached hydrogens (tertiary/aromatic N) is 1. The van der Waals surface area contributed by atoms with E-state index in [-0.39, 0.29) is 5.02 Å². The van der Waals surface area contributed by atoms with E-state index < -0.39 is 26.6 Å². The number of halogens is 1. The molecule has 1 aromatic heterocycles. The number of aliphatic hydroxyl groups is 1. The van der Waals surface area contributed by atoms with Crippen molar-refractivity contribution in [1.82, 2.24) is 0 Å². The Hall–Kier alpha value is -0.260. The molecule has 1 heterocycles. The predicted molar refractivity (Wildman–Crippen MR) is 62.2 cm³/mol. The van der Waals surface area contributed by atoms with E-state index in [9.17, 15) is 24.0 Å². The summed E-state index contributed by atoms with van der Waals surface area (Å²) in [4.78, 5) is 29.4. The van der Waals surface area contributed by atoms with Crippen LogP contribution in [0.4, 0.5) is 0 Å². The van der Waals surface area contributed by atoms with Crippen LogP contribution in [0, 0.1) is 0 Å². The SMILES string of the molecule is CP(=O)(O)C(O)(C[n+]1cccc(Cl)c1)P(=O)([O-])O. The highest BCUT2D eigenvalue weighted by Gasteiger charge is 2.54. The number of hydrogen-bond acceptors (Lipinski definition) is 4. The van der Waals surface area contributed by atoms with Crippen LogP contribution >= 0.6 is 26.6 Å². The summed E-state index contributed by atoms with van der Waals surface area (Å²) >= 11 is 5.66. The maximum atomic E-state index is 11.5. The molecule has 0 aliphatic carbocycles. The molecule has 3 unspecified atom stereocenters. The van der Waals surface area contributed by atoms with Crippen molar-refractivity contribution in [1.29, 1.82) is 0 Å². The summed E-state index contributed by atoms with van der Waals surface area (Å²) in [6.45, 7) is -0.159. The van der Waals surface area contributed by atoms with Crippen molar-refractivity contribution in [2.75, 3.05) is 6.66 Å². The number of rotatable bonds is 4. The third-order valence-corrected chi connectivity index (χ3v) is 6.95. The van der Waals surface area contributed by atoms with Crippen LogP contribution in [0.5, 0.6) is 0 Å². The van der Waals surface area contributed by atoms with Crippen LogP contribution in [0.2, 0.25) is 5.02 Å². The van der Waals surface area contributed by atoms with Gasteiger partial charge in [-0.15, -0.1) is 0 Å². The molecule has 0 saturated carbocycles. The van der Waals surface area contributed by atoms with Crippen LogP contribution in [0.25, 0.3) is 0 Å². The average molecular weight is 316 g/mol. The van der Waals surface area contributed by atoms with Gasteiger partial charge < -0.3 is 24.4 Å². The van der Waals surface area contributed by atoms with Crippen molar-refractivity contribution in [2.24, 2.45) is 0 Å². The van der Waals surface area contributed by atoms with Gasteiger partial charge in [-0.1, -0.05) is 11.6 Å². The minimum absolute atomic E-state index is 0.238. The number of aromatic nitrogens is 1. The Morgan fingerprint density at radius 2 is 2.06 bits per heavy atom. The minimum atomic E-state index is -5.46. The highest BCUT2D eigenvalue weighted by molar-refractivity contribution is 7.74. The lowest BCUT2D eigenvalue weighted by molar-refractivity contribution is -0.703. The second-order valence-electron chi connectivity index (χ2n) is 3.87. The topological polar surface area (TPSA) is 122 Å². The third-order valence-electron chi connectivity index (χ3n) is 2.33. The molecule has 0 radical (unpaired) electrons. The molecule has 3 N–H and O–H groups in total. The highest BCUT2D eigenvalue weighted by atomic mass is 35.5. The molecule has 0 aliphatic rings. The van der Waals surface area contributed by atoms with Gasteiger partial charge in [0.2, 0.25) is 7.37 Å². The Morgan fingerprint density at radius 1 is 1.50 bits per heavy atom. The fourth-order valence-corrected chi connectivity index (χ4v) is 4.13. The molecule has 0 saturated heterocycles. The van der Waals surface area contributed by atoms with Gasteiger partial charge in [0.05, 0.1) is 0 Å². The molecule has 0 aromatic carbocycles. The van der Waals surface area contributed by atoms with Gasteiger partial charge in [0.25, 0.3) is 5.08 Å². The lowest BCUT2D eigenvalue weighted by Crippen LogP contribution is -2.48. The summed E-state index contributed by atoms with van der Waals surface area (Å²) in [5, 5.41) is 6.91. The van der Waals surface area contributed by atoms with Gasteiger partial charge in [0.1, 0.15) is 5.02 Å². The Morgan fingerprint density at radius 3 is 2.44 bits per heavy atom. The molecule has 3 atom stereocenters. The summed E-state index contributed by atoms with van der Waals surface area (Å²) in [5.74, 6) is 0. The molecule has 0 fully saturated rings. The van der Waals surface area contributed by atoms with Crippen molar-refractivity contribution >= 4 is 26.6 Å². The van der Waals surface area contributed by atoms with Gasteiger partial charge in [-0.3, -0.25) is 4.57 Å². The first kappa shape index (κ1) is 15.8. The van der Waals surface area contributed by atoms with Gasteiger partial charge in [-0.05, 0) is 6.07 Å². The van der Waals surface area contributed by atoms with Gasteiger partial charge in [0.15, 0.2) is 26.5 Å². The highest BCUT2D eigenvalue weighted by Crippen LogP contribution is 2.65. The zero-order valence-electron chi connectivity index (χ0n) is 9.30. The largest absolute Gasteiger partial charge is 0.776 e. The zero-order valence-corrected chi connectivity index (χ0v) is 11.8. The summed E-state index contributed by atoms with van der Waals surface area (Å²) in [6, 6.07) is 2.95. The van der Waals surface area contributed by atoms with Crippen LogP contribution in [0.3, 0.4) is 0 Å². The van der Waals surface area contributed by atoms with Crippen molar-refractivity contribution in [3.05, 3.63) is 29.5 Å². The summed E-state index contributed by atoms with van der Waals surface area (Å²) in [5.41, 5.74) is 0. The molecule has 1 rings (SSSR count). The first-order valence-electron chi connectivity index (χ1n) is 4.68. The van der Waals surface area contributed by atoms with Gasteiger partial charge in [-0.2, -0.15) is 4.57 Å². The zero-order chi connectivity index (χ0) is 14.2. The van der Waals surface area contributed by atoms with Crippen molar-refractivity contribution in [3.8, 4) is 0 Å². The van der Waals surface area contributed by atoms with Gasteiger partial charge in [-0.25, -0.2) is 0 Å². The summed E-state index contributed by atoms with van der Waals surface area (Å²) < 4.78 is 23.7. The van der Waals surface area contributed by atoms with Gasteiger partial charge >= 0.3 is 0 Å². The van der Waals surface area contributed by atoms with E-state index in [1.54, 1.807) is 0 Å². The number of pyridine rings is 1. The van der Waals surface area contributed by atoms with E-state index in [1.807, 2.05) is 0 Å². The first-order valence-corrected chi connectivity index (χ1v) is 8.75. The molecule has 10 heteroatoms. The quantitative estimate of drug-likeness (QED) is 0.519. The maximum Gasteiger partial charge on any atom is 0.263 e. The second kappa shape index (κ2) is 5.02. The fourth-order valence-electron chi connectivity index (χ4n) is 1.29. The second-order valence-corrected chi connectivity index (χ2v) is 8.94. The van der Waals surface area contributed by atoms with E-state index in [1.165, 1.54) is 24.5 Å². The standard InChI is InChI=1S/C8H12ClNO6P2/c1-17(12,13)8(11,18(14,15)16)6-10-4-2-3-7(9)5-10/h2-5,11H,6H2,1H3,(H2-,12,13,14,15,16). The Bertz CT molecular complexity index is 516. The number of hydrogen-bond donors (Lipinski definition) is 3. The monoisotopic (exact) mass is 315 g/mol. The normalized spacial score (nSPS) is 21.7. The maximum absolute atomic E-state index is 11.5. The lowest BCUT2D eigenvalue weighted by Gasteiger charge is -2.35. The van der Waals surface area contributed by atoms with Gasteiger partial charge in [0, 0.05) is 12.7 Å².